The molecule has 0 saturated heterocycles. The number of rotatable bonds is 2. The van der Waals surface area contributed by atoms with Crippen LogP contribution in [0.5, 0.6) is 0 Å². The van der Waals surface area contributed by atoms with E-state index in [-0.39, 0.29) is 5.56 Å². The standard InChI is InChI=1S/C18H14FNO2/c1-10-3-4-11(2)13(7-10)17-9-15(18(21)22)14-8-12(19)5-6-16(14)20-17/h3-9H,1-2H3,(H,21,22). The van der Waals surface area contributed by atoms with E-state index in [2.05, 4.69) is 4.98 Å². The van der Waals surface area contributed by atoms with E-state index in [9.17, 15) is 14.3 Å². The van der Waals surface area contributed by atoms with Crippen molar-refractivity contribution in [3.05, 3.63) is 65.0 Å². The van der Waals surface area contributed by atoms with Crippen molar-refractivity contribution in [1.29, 1.82) is 0 Å². The highest BCUT2D eigenvalue weighted by Crippen LogP contribution is 2.28. The van der Waals surface area contributed by atoms with Crippen LogP contribution in [0.1, 0.15) is 21.5 Å². The minimum absolute atomic E-state index is 0.0559. The molecular weight excluding hydrogens is 281 g/mol. The SMILES string of the molecule is Cc1ccc(C)c(-c2cc(C(=O)O)c3cc(F)ccc3n2)c1. The van der Waals surface area contributed by atoms with Crippen LogP contribution in [0.15, 0.2) is 42.5 Å². The molecule has 0 fully saturated rings. The van der Waals surface area contributed by atoms with Crippen LogP contribution in [0.3, 0.4) is 0 Å². The molecule has 0 aliphatic carbocycles. The van der Waals surface area contributed by atoms with Crippen LogP contribution in [0.2, 0.25) is 0 Å². The molecule has 3 aromatic rings. The van der Waals surface area contributed by atoms with Crippen molar-refractivity contribution in [3.8, 4) is 11.3 Å². The lowest BCUT2D eigenvalue weighted by Crippen LogP contribution is -2.01. The van der Waals surface area contributed by atoms with E-state index < -0.39 is 11.8 Å². The Labute approximate surface area is 127 Å². The molecule has 0 spiro atoms. The molecule has 0 aliphatic rings. The molecule has 0 amide bonds. The van der Waals surface area contributed by atoms with Crippen molar-refractivity contribution >= 4 is 16.9 Å². The first-order valence-electron chi connectivity index (χ1n) is 6.87. The Morgan fingerprint density at radius 2 is 1.86 bits per heavy atom. The minimum atomic E-state index is -1.09. The quantitative estimate of drug-likeness (QED) is 0.764. The molecule has 1 aromatic heterocycles. The molecule has 0 unspecified atom stereocenters. The molecule has 4 heteroatoms. The fourth-order valence-corrected chi connectivity index (χ4v) is 2.52. The predicted octanol–water partition coefficient (Wildman–Crippen LogP) is 4.36. The largest absolute Gasteiger partial charge is 0.478 e. The van der Waals surface area contributed by atoms with Gasteiger partial charge in [-0.2, -0.15) is 0 Å². The Morgan fingerprint density at radius 1 is 1.09 bits per heavy atom. The summed E-state index contributed by atoms with van der Waals surface area (Å²) in [4.78, 5) is 16.0. The van der Waals surface area contributed by atoms with Crippen molar-refractivity contribution in [3.63, 3.8) is 0 Å². The van der Waals surface area contributed by atoms with Gasteiger partial charge in [-0.3, -0.25) is 0 Å². The molecule has 110 valence electrons. The fraction of sp³-hybridized carbons (Fsp3) is 0.111. The molecule has 3 nitrogen and oxygen atoms in total. The lowest BCUT2D eigenvalue weighted by molar-refractivity contribution is 0.0699. The number of hydrogen-bond donors (Lipinski definition) is 1. The number of fused-ring (bicyclic) bond motifs is 1. The first-order chi connectivity index (χ1) is 10.5. The molecule has 1 heterocycles. The number of nitrogens with zero attached hydrogens (tertiary/aromatic N) is 1. The Balaban J connectivity index is 2.34. The first-order valence-corrected chi connectivity index (χ1v) is 6.87. The highest BCUT2D eigenvalue weighted by Gasteiger charge is 2.14. The van der Waals surface area contributed by atoms with Gasteiger partial charge >= 0.3 is 5.97 Å². The Bertz CT molecular complexity index is 903. The van der Waals surface area contributed by atoms with Gasteiger partial charge in [0.25, 0.3) is 0 Å². The molecular formula is C18H14FNO2. The molecule has 22 heavy (non-hydrogen) atoms. The zero-order valence-electron chi connectivity index (χ0n) is 12.2. The van der Waals surface area contributed by atoms with Crippen molar-refractivity contribution in [2.75, 3.05) is 0 Å². The summed E-state index contributed by atoms with van der Waals surface area (Å²) in [5, 5.41) is 9.73. The van der Waals surface area contributed by atoms with Crippen LogP contribution in [0.4, 0.5) is 4.39 Å². The molecule has 1 N–H and O–H groups in total. The first kappa shape index (κ1) is 14.2. The van der Waals surface area contributed by atoms with Crippen molar-refractivity contribution in [2.45, 2.75) is 13.8 Å². The van der Waals surface area contributed by atoms with Crippen LogP contribution in [-0.2, 0) is 0 Å². The second kappa shape index (κ2) is 5.22. The van der Waals surface area contributed by atoms with E-state index in [1.807, 2.05) is 32.0 Å². The third-order valence-corrected chi connectivity index (χ3v) is 3.67. The van der Waals surface area contributed by atoms with Crippen molar-refractivity contribution < 1.29 is 14.3 Å². The smallest absolute Gasteiger partial charge is 0.336 e. The van der Waals surface area contributed by atoms with Crippen LogP contribution in [0, 0.1) is 19.7 Å². The minimum Gasteiger partial charge on any atom is -0.478 e. The number of pyridine rings is 1. The third-order valence-electron chi connectivity index (χ3n) is 3.67. The van der Waals surface area contributed by atoms with E-state index in [0.717, 1.165) is 16.7 Å². The number of carboxylic acid groups (broad SMARTS) is 1. The van der Waals surface area contributed by atoms with Crippen molar-refractivity contribution in [2.24, 2.45) is 0 Å². The van der Waals surface area contributed by atoms with Gasteiger partial charge in [0.05, 0.1) is 16.8 Å². The lowest BCUT2D eigenvalue weighted by atomic mass is 9.99. The highest BCUT2D eigenvalue weighted by atomic mass is 19.1. The molecule has 0 atom stereocenters. The zero-order chi connectivity index (χ0) is 15.9. The van der Waals surface area contributed by atoms with Gasteiger partial charge in [0.2, 0.25) is 0 Å². The maximum atomic E-state index is 13.4. The summed E-state index contributed by atoms with van der Waals surface area (Å²) in [6, 6.07) is 11.4. The summed E-state index contributed by atoms with van der Waals surface area (Å²) in [6.45, 7) is 3.92. The van der Waals surface area contributed by atoms with Crippen LogP contribution in [0.25, 0.3) is 22.2 Å². The topological polar surface area (TPSA) is 50.2 Å². The zero-order valence-corrected chi connectivity index (χ0v) is 12.2. The number of benzene rings is 2. The van der Waals surface area contributed by atoms with E-state index in [4.69, 9.17) is 0 Å². The van der Waals surface area contributed by atoms with Gasteiger partial charge in [0.15, 0.2) is 0 Å². The van der Waals surface area contributed by atoms with E-state index in [0.29, 0.717) is 16.6 Å². The number of carbonyl (C=O) groups is 1. The van der Waals surface area contributed by atoms with Gasteiger partial charge in [0, 0.05) is 10.9 Å². The van der Waals surface area contributed by atoms with Crippen LogP contribution in [-0.4, -0.2) is 16.1 Å². The average Bonchev–Trinajstić information content (AvgIpc) is 2.48. The van der Waals surface area contributed by atoms with Gasteiger partial charge in [-0.25, -0.2) is 14.2 Å². The van der Waals surface area contributed by atoms with E-state index >= 15 is 0 Å². The van der Waals surface area contributed by atoms with Gasteiger partial charge in [-0.15, -0.1) is 0 Å². The maximum absolute atomic E-state index is 13.4. The predicted molar refractivity (Wildman–Crippen MR) is 83.6 cm³/mol. The number of aromatic carboxylic acids is 1. The number of halogens is 1. The van der Waals surface area contributed by atoms with Gasteiger partial charge in [-0.05, 0) is 49.7 Å². The average molecular weight is 295 g/mol. The third kappa shape index (κ3) is 2.44. The Hall–Kier alpha value is -2.75. The summed E-state index contributed by atoms with van der Waals surface area (Å²) >= 11 is 0. The van der Waals surface area contributed by atoms with Crippen molar-refractivity contribution in [1.82, 2.24) is 4.98 Å². The Morgan fingerprint density at radius 3 is 2.59 bits per heavy atom. The molecule has 3 rings (SSSR count). The summed E-state index contributed by atoms with van der Waals surface area (Å²) in [6.07, 6.45) is 0. The second-order valence-electron chi connectivity index (χ2n) is 5.34. The summed E-state index contributed by atoms with van der Waals surface area (Å²) < 4.78 is 13.4. The molecule has 2 aromatic carbocycles. The molecule has 0 aliphatic heterocycles. The monoisotopic (exact) mass is 295 g/mol. The summed E-state index contributed by atoms with van der Waals surface area (Å²) in [7, 11) is 0. The molecule has 0 saturated carbocycles. The molecule has 0 radical (unpaired) electrons. The summed E-state index contributed by atoms with van der Waals surface area (Å²) in [5.41, 5.74) is 4.07. The molecule has 0 bridgehead atoms. The number of aromatic nitrogens is 1. The Kier molecular flexibility index (Phi) is 3.37. The van der Waals surface area contributed by atoms with Gasteiger partial charge < -0.3 is 5.11 Å². The number of aryl methyl sites for hydroxylation is 2. The second-order valence-corrected chi connectivity index (χ2v) is 5.34. The van der Waals surface area contributed by atoms with E-state index in [1.54, 1.807) is 0 Å². The summed E-state index contributed by atoms with van der Waals surface area (Å²) in [5.74, 6) is -1.57. The lowest BCUT2D eigenvalue weighted by Gasteiger charge is -2.10. The van der Waals surface area contributed by atoms with Crippen LogP contribution < -0.4 is 0 Å². The number of hydrogen-bond acceptors (Lipinski definition) is 2. The fourth-order valence-electron chi connectivity index (χ4n) is 2.52. The normalized spacial score (nSPS) is 10.9. The highest BCUT2D eigenvalue weighted by molar-refractivity contribution is 6.03. The van der Waals surface area contributed by atoms with Crippen LogP contribution >= 0.6 is 0 Å². The number of carboxylic acids is 1. The maximum Gasteiger partial charge on any atom is 0.336 e. The van der Waals surface area contributed by atoms with E-state index in [1.165, 1.54) is 24.3 Å². The van der Waals surface area contributed by atoms with Gasteiger partial charge in [0.1, 0.15) is 5.82 Å². The van der Waals surface area contributed by atoms with Gasteiger partial charge in [-0.1, -0.05) is 17.7 Å².